The molecule has 7 nitrogen and oxygen atoms in total. The van der Waals surface area contributed by atoms with Crippen LogP contribution in [0.5, 0.6) is 0 Å². The molecule has 0 unspecified atom stereocenters. The van der Waals surface area contributed by atoms with Crippen molar-refractivity contribution in [3.05, 3.63) is 54.4 Å². The molecule has 2 N–H and O–H groups in total. The number of nitrogens with zero attached hydrogens (tertiary/aromatic N) is 5. The van der Waals surface area contributed by atoms with Gasteiger partial charge in [-0.15, -0.1) is 0 Å². The lowest BCUT2D eigenvalue weighted by Gasteiger charge is -2.31. The molecule has 33 heavy (non-hydrogen) atoms. The van der Waals surface area contributed by atoms with Crippen molar-refractivity contribution in [2.45, 2.75) is 39.2 Å². The Hall–Kier alpha value is -3.39. The van der Waals surface area contributed by atoms with E-state index in [2.05, 4.69) is 44.0 Å². The van der Waals surface area contributed by atoms with Crippen molar-refractivity contribution in [3.8, 4) is 22.8 Å². The molecule has 0 saturated carbocycles. The molecule has 170 valence electrons. The molecule has 4 aromatic rings. The molecule has 0 atom stereocenters. The van der Waals surface area contributed by atoms with E-state index in [1.165, 1.54) is 18.9 Å². The topological polar surface area (TPSA) is 82.6 Å². The van der Waals surface area contributed by atoms with Gasteiger partial charge in [0.05, 0.1) is 52.0 Å². The Morgan fingerprint density at radius 3 is 2.73 bits per heavy atom. The molecular weight excluding hydrogens is 417 g/mol. The van der Waals surface area contributed by atoms with Crippen LogP contribution in [-0.2, 0) is 0 Å². The molecule has 1 fully saturated rings. The Morgan fingerprint density at radius 1 is 1.09 bits per heavy atom. The molecule has 0 bridgehead atoms. The second kappa shape index (κ2) is 8.51. The second-order valence-electron chi connectivity index (χ2n) is 9.18. The largest absolute Gasteiger partial charge is 0.382 e. The molecule has 1 aliphatic rings. The minimum atomic E-state index is -0.331. The van der Waals surface area contributed by atoms with E-state index in [0.29, 0.717) is 28.5 Å². The van der Waals surface area contributed by atoms with Crippen molar-refractivity contribution in [2.75, 3.05) is 25.0 Å². The third-order valence-electron chi connectivity index (χ3n) is 6.48. The Morgan fingerprint density at radius 2 is 1.94 bits per heavy atom. The number of pyridine rings is 3. The monoisotopic (exact) mass is 445 g/mol. The fourth-order valence-corrected chi connectivity index (χ4v) is 4.52. The number of H-pyrrole nitrogens is 1. The van der Waals surface area contributed by atoms with Gasteiger partial charge in [-0.1, -0.05) is 0 Å². The first-order valence-corrected chi connectivity index (χ1v) is 11.3. The average Bonchev–Trinajstić information content (AvgIpc) is 3.41. The molecule has 0 aromatic carbocycles. The number of anilines is 1. The number of rotatable bonds is 6. The maximum Gasteiger partial charge on any atom is 0.144 e. The van der Waals surface area contributed by atoms with Crippen LogP contribution >= 0.6 is 0 Å². The highest BCUT2D eigenvalue weighted by molar-refractivity contribution is 5.82. The smallest absolute Gasteiger partial charge is 0.144 e. The van der Waals surface area contributed by atoms with E-state index < -0.39 is 0 Å². The molecule has 0 amide bonds. The van der Waals surface area contributed by atoms with E-state index in [4.69, 9.17) is 4.98 Å². The number of aryl methyl sites for hydroxylation is 1. The van der Waals surface area contributed by atoms with Crippen LogP contribution in [0.3, 0.4) is 0 Å². The number of hydrogen-bond acceptors (Lipinski definition) is 6. The van der Waals surface area contributed by atoms with E-state index in [0.717, 1.165) is 36.4 Å². The van der Waals surface area contributed by atoms with Gasteiger partial charge in [-0.05, 0) is 70.5 Å². The highest BCUT2D eigenvalue weighted by Crippen LogP contribution is 2.29. The molecule has 8 heteroatoms. The number of imidazole rings is 1. The highest BCUT2D eigenvalue weighted by atomic mass is 19.1. The number of likely N-dealkylation sites (tertiary alicyclic amines) is 1. The van der Waals surface area contributed by atoms with Crippen LogP contribution in [0.2, 0.25) is 0 Å². The summed E-state index contributed by atoms with van der Waals surface area (Å²) >= 11 is 0. The van der Waals surface area contributed by atoms with Gasteiger partial charge in [-0.2, -0.15) is 0 Å². The Labute approximate surface area is 192 Å². The van der Waals surface area contributed by atoms with Crippen molar-refractivity contribution in [3.63, 3.8) is 0 Å². The predicted octanol–water partition coefficient (Wildman–Crippen LogP) is 4.82. The lowest BCUT2D eigenvalue weighted by Crippen LogP contribution is -2.40. The summed E-state index contributed by atoms with van der Waals surface area (Å²) in [4.78, 5) is 23.8. The third kappa shape index (κ3) is 4.30. The summed E-state index contributed by atoms with van der Waals surface area (Å²) in [5, 5.41) is 3.49. The minimum absolute atomic E-state index is 0.277. The zero-order valence-electron chi connectivity index (χ0n) is 19.2. The lowest BCUT2D eigenvalue weighted by molar-refractivity contribution is 0.182. The zero-order chi connectivity index (χ0) is 23.0. The van der Waals surface area contributed by atoms with E-state index in [1.807, 2.05) is 24.4 Å². The van der Waals surface area contributed by atoms with Crippen LogP contribution in [0.15, 0.2) is 42.9 Å². The van der Waals surface area contributed by atoms with Gasteiger partial charge in [-0.3, -0.25) is 9.88 Å². The summed E-state index contributed by atoms with van der Waals surface area (Å²) in [6.07, 6.45) is 5.97. The van der Waals surface area contributed by atoms with Crippen molar-refractivity contribution in [2.24, 2.45) is 0 Å². The number of aromatic amines is 1. The minimum Gasteiger partial charge on any atom is -0.382 e. The molecule has 0 radical (unpaired) electrons. The first-order valence-electron chi connectivity index (χ1n) is 11.3. The summed E-state index contributed by atoms with van der Waals surface area (Å²) in [5.74, 6) is -0.331. The van der Waals surface area contributed by atoms with E-state index >= 15 is 0 Å². The maximum absolute atomic E-state index is 13.7. The summed E-state index contributed by atoms with van der Waals surface area (Å²) in [6, 6.07) is 8.92. The quantitative estimate of drug-likeness (QED) is 0.443. The Bertz CT molecular complexity index is 1300. The number of hydrogen-bond donors (Lipinski definition) is 2. The van der Waals surface area contributed by atoms with Gasteiger partial charge < -0.3 is 10.3 Å². The summed E-state index contributed by atoms with van der Waals surface area (Å²) < 4.78 is 13.7. The van der Waals surface area contributed by atoms with Gasteiger partial charge in [0.2, 0.25) is 0 Å². The second-order valence-corrected chi connectivity index (χ2v) is 9.18. The summed E-state index contributed by atoms with van der Waals surface area (Å²) in [5.41, 5.74) is 5.89. The van der Waals surface area contributed by atoms with Crippen molar-refractivity contribution < 1.29 is 4.39 Å². The Balaban J connectivity index is 1.38. The van der Waals surface area contributed by atoms with Crippen LogP contribution in [0.25, 0.3) is 33.8 Å². The van der Waals surface area contributed by atoms with E-state index in [-0.39, 0.29) is 11.4 Å². The SMILES string of the molecule is Cc1nc(-c2[nH]cnc2-c2ccc3ncc(NCCN4CCCC4(C)C)cc3n2)ccc1F. The molecule has 0 spiro atoms. The van der Waals surface area contributed by atoms with E-state index in [9.17, 15) is 4.39 Å². The molecule has 5 rings (SSSR count). The van der Waals surface area contributed by atoms with Gasteiger partial charge in [0.25, 0.3) is 0 Å². The average molecular weight is 446 g/mol. The number of halogens is 1. The molecule has 1 aliphatic heterocycles. The third-order valence-corrected chi connectivity index (χ3v) is 6.48. The van der Waals surface area contributed by atoms with Crippen LogP contribution in [0.4, 0.5) is 10.1 Å². The zero-order valence-corrected chi connectivity index (χ0v) is 19.2. The summed E-state index contributed by atoms with van der Waals surface area (Å²) in [7, 11) is 0. The van der Waals surface area contributed by atoms with Crippen LogP contribution in [0, 0.1) is 12.7 Å². The molecular formula is C25H28FN7. The first-order chi connectivity index (χ1) is 15.9. The van der Waals surface area contributed by atoms with Crippen molar-refractivity contribution in [1.82, 2.24) is 29.8 Å². The van der Waals surface area contributed by atoms with Gasteiger partial charge in [-0.25, -0.2) is 19.3 Å². The molecule has 1 saturated heterocycles. The fourth-order valence-electron chi connectivity index (χ4n) is 4.52. The lowest BCUT2D eigenvalue weighted by atomic mass is 10.0. The number of aromatic nitrogens is 5. The first kappa shape index (κ1) is 21.5. The normalized spacial score (nSPS) is 15.9. The predicted molar refractivity (Wildman–Crippen MR) is 128 cm³/mol. The molecule has 4 aromatic heterocycles. The molecule has 0 aliphatic carbocycles. The van der Waals surface area contributed by atoms with Gasteiger partial charge in [0, 0.05) is 18.6 Å². The van der Waals surface area contributed by atoms with Crippen molar-refractivity contribution >= 4 is 16.7 Å². The van der Waals surface area contributed by atoms with Crippen LogP contribution in [0.1, 0.15) is 32.4 Å². The highest BCUT2D eigenvalue weighted by Gasteiger charge is 2.30. The number of fused-ring (bicyclic) bond motifs is 1. The van der Waals surface area contributed by atoms with Crippen LogP contribution < -0.4 is 5.32 Å². The van der Waals surface area contributed by atoms with E-state index in [1.54, 1.807) is 19.3 Å². The van der Waals surface area contributed by atoms with Gasteiger partial charge in [0.1, 0.15) is 11.5 Å². The Kier molecular flexibility index (Phi) is 5.54. The number of nitrogens with one attached hydrogen (secondary N) is 2. The van der Waals surface area contributed by atoms with Crippen molar-refractivity contribution in [1.29, 1.82) is 0 Å². The summed E-state index contributed by atoms with van der Waals surface area (Å²) in [6.45, 7) is 9.29. The molecule has 5 heterocycles. The standard InChI is InChI=1S/C25H28FN7/c1-16-18(26)5-6-20(31-16)23-24(30-15-29-23)21-8-7-19-22(32-21)13-17(14-28-19)27-10-12-33-11-4-9-25(33,2)3/h5-8,13-15,27H,4,9-12H2,1-3H3,(H,29,30). The maximum atomic E-state index is 13.7. The van der Waals surface area contributed by atoms with Gasteiger partial charge >= 0.3 is 0 Å². The van der Waals surface area contributed by atoms with Gasteiger partial charge in [0.15, 0.2) is 0 Å². The fraction of sp³-hybridized carbons (Fsp3) is 0.360. The van der Waals surface area contributed by atoms with Crippen LogP contribution in [-0.4, -0.2) is 55.0 Å².